The van der Waals surface area contributed by atoms with Crippen molar-refractivity contribution < 1.29 is 14.0 Å². The summed E-state index contributed by atoms with van der Waals surface area (Å²) in [7, 11) is 0. The molecule has 0 aromatic heterocycles. The Morgan fingerprint density at radius 3 is 2.68 bits per heavy atom. The minimum Gasteiger partial charge on any atom is -0.326 e. The lowest BCUT2D eigenvalue weighted by molar-refractivity contribution is -0.116. The maximum absolute atomic E-state index is 14.3. The van der Waals surface area contributed by atoms with E-state index >= 15 is 0 Å². The quantitative estimate of drug-likeness (QED) is 0.594. The maximum atomic E-state index is 14.3. The minimum absolute atomic E-state index is 0.0321. The Hall–Kier alpha value is -2.34. The average molecular weight is 401 g/mol. The van der Waals surface area contributed by atoms with Crippen LogP contribution in [0.15, 0.2) is 48.5 Å². The highest BCUT2D eigenvalue weighted by Gasteiger charge is 2.36. The van der Waals surface area contributed by atoms with E-state index in [0.29, 0.717) is 12.1 Å². The molecule has 1 saturated heterocycles. The molecule has 1 N–H and O–H groups in total. The van der Waals surface area contributed by atoms with Crippen LogP contribution < -0.4 is 10.2 Å². The van der Waals surface area contributed by atoms with E-state index in [1.54, 1.807) is 18.2 Å². The molecule has 1 aliphatic heterocycles. The molecule has 0 bridgehead atoms. The third-order valence-corrected chi connectivity index (χ3v) is 5.93. The van der Waals surface area contributed by atoms with Crippen LogP contribution in [0.5, 0.6) is 0 Å². The van der Waals surface area contributed by atoms with Crippen LogP contribution in [0.3, 0.4) is 0 Å². The number of carbonyl (C=O) groups excluding carboxylic acids is 2. The molecular formula is C22H25FN2O2S. The van der Waals surface area contributed by atoms with Gasteiger partial charge in [0.2, 0.25) is 11.8 Å². The molecule has 2 aromatic carbocycles. The van der Waals surface area contributed by atoms with Crippen LogP contribution in [-0.2, 0) is 9.59 Å². The van der Waals surface area contributed by atoms with Crippen LogP contribution in [0.4, 0.5) is 15.8 Å². The summed E-state index contributed by atoms with van der Waals surface area (Å²) >= 11 is 1.44. The van der Waals surface area contributed by atoms with E-state index in [-0.39, 0.29) is 28.6 Å². The maximum Gasteiger partial charge on any atom is 0.238 e. The van der Waals surface area contributed by atoms with Gasteiger partial charge in [0.15, 0.2) is 0 Å². The van der Waals surface area contributed by atoms with Crippen LogP contribution in [0, 0.1) is 5.82 Å². The second-order valence-electron chi connectivity index (χ2n) is 6.82. The smallest absolute Gasteiger partial charge is 0.238 e. The lowest BCUT2D eigenvalue weighted by Crippen LogP contribution is -2.29. The molecule has 6 heteroatoms. The van der Waals surface area contributed by atoms with E-state index in [0.717, 1.165) is 31.2 Å². The lowest BCUT2D eigenvalue weighted by atomic mass is 10.1. The first-order valence-electron chi connectivity index (χ1n) is 9.68. The highest BCUT2D eigenvalue weighted by Crippen LogP contribution is 2.44. The Labute approximate surface area is 169 Å². The molecule has 1 fully saturated rings. The molecule has 0 aliphatic carbocycles. The summed E-state index contributed by atoms with van der Waals surface area (Å²) in [5.74, 6) is -0.324. The standard InChI is InChI=1S/C22H25FN2O2S/c1-2-3-4-5-14-20(26)24-18-12-8-6-10-16(18)22-25(21(27)15-28-22)19-13-9-7-11-17(19)23/h6-13,22H,2-5,14-15H2,1H3,(H,24,26)/t22-/m0/s1. The van der Waals surface area contributed by atoms with Crippen molar-refractivity contribution >= 4 is 35.0 Å². The number of halogens is 1. The fourth-order valence-electron chi connectivity index (χ4n) is 3.31. The number of carbonyl (C=O) groups is 2. The lowest BCUT2D eigenvalue weighted by Gasteiger charge is -2.26. The summed E-state index contributed by atoms with van der Waals surface area (Å²) in [4.78, 5) is 26.3. The van der Waals surface area contributed by atoms with Crippen molar-refractivity contribution in [2.75, 3.05) is 16.0 Å². The average Bonchev–Trinajstić information content (AvgIpc) is 3.07. The highest BCUT2D eigenvalue weighted by molar-refractivity contribution is 8.00. The van der Waals surface area contributed by atoms with Crippen molar-refractivity contribution in [3.63, 3.8) is 0 Å². The molecule has 28 heavy (non-hydrogen) atoms. The summed E-state index contributed by atoms with van der Waals surface area (Å²) in [6.45, 7) is 2.14. The number of hydrogen-bond acceptors (Lipinski definition) is 3. The molecule has 2 aromatic rings. The number of hydrogen-bond donors (Lipinski definition) is 1. The molecule has 148 valence electrons. The van der Waals surface area contributed by atoms with Gasteiger partial charge in [-0.05, 0) is 24.6 Å². The van der Waals surface area contributed by atoms with Gasteiger partial charge in [-0.2, -0.15) is 0 Å². The summed E-state index contributed by atoms with van der Waals surface area (Å²) in [6.07, 6.45) is 4.63. The van der Waals surface area contributed by atoms with Crippen LogP contribution in [-0.4, -0.2) is 17.6 Å². The van der Waals surface area contributed by atoms with Crippen molar-refractivity contribution in [2.45, 2.75) is 44.4 Å². The molecule has 0 unspecified atom stereocenters. The molecule has 1 aliphatic rings. The molecular weight excluding hydrogens is 375 g/mol. The SMILES string of the molecule is CCCCCCC(=O)Nc1ccccc1[C@@H]1SCC(=O)N1c1ccccc1F. The van der Waals surface area contributed by atoms with E-state index < -0.39 is 5.82 Å². The van der Waals surface area contributed by atoms with E-state index in [2.05, 4.69) is 12.2 Å². The van der Waals surface area contributed by atoms with Crippen LogP contribution in [0.1, 0.15) is 50.0 Å². The van der Waals surface area contributed by atoms with Crippen molar-refractivity contribution in [2.24, 2.45) is 0 Å². The second kappa shape index (κ2) is 9.73. The third kappa shape index (κ3) is 4.73. The first-order valence-corrected chi connectivity index (χ1v) is 10.7. The molecule has 4 nitrogen and oxygen atoms in total. The first kappa shape index (κ1) is 20.4. The number of unbranched alkanes of at least 4 members (excludes halogenated alkanes) is 3. The van der Waals surface area contributed by atoms with Gasteiger partial charge < -0.3 is 5.32 Å². The van der Waals surface area contributed by atoms with E-state index in [1.807, 2.05) is 24.3 Å². The second-order valence-corrected chi connectivity index (χ2v) is 7.89. The van der Waals surface area contributed by atoms with Gasteiger partial charge in [-0.25, -0.2) is 4.39 Å². The fraction of sp³-hybridized carbons (Fsp3) is 0.364. The summed E-state index contributed by atoms with van der Waals surface area (Å²) in [5, 5.41) is 2.61. The van der Waals surface area contributed by atoms with Gasteiger partial charge in [0.05, 0.1) is 11.4 Å². The van der Waals surface area contributed by atoms with Crippen molar-refractivity contribution in [3.8, 4) is 0 Å². The number of nitrogens with zero attached hydrogens (tertiary/aromatic N) is 1. The zero-order valence-electron chi connectivity index (χ0n) is 16.0. The molecule has 3 rings (SSSR count). The van der Waals surface area contributed by atoms with Crippen LogP contribution in [0.25, 0.3) is 0 Å². The molecule has 2 amide bonds. The summed E-state index contributed by atoms with van der Waals surface area (Å²) in [6, 6.07) is 13.7. The largest absolute Gasteiger partial charge is 0.326 e. The van der Waals surface area contributed by atoms with Gasteiger partial charge in [-0.1, -0.05) is 56.5 Å². The summed E-state index contributed by atoms with van der Waals surface area (Å²) < 4.78 is 14.3. The number of para-hydroxylation sites is 2. The number of nitrogens with one attached hydrogen (secondary N) is 1. The number of rotatable bonds is 8. The van der Waals surface area contributed by atoms with Crippen molar-refractivity contribution in [1.82, 2.24) is 0 Å². The molecule has 1 atom stereocenters. The van der Waals surface area contributed by atoms with E-state index in [4.69, 9.17) is 0 Å². The Morgan fingerprint density at radius 1 is 1.14 bits per heavy atom. The zero-order valence-corrected chi connectivity index (χ0v) is 16.8. The van der Waals surface area contributed by atoms with Gasteiger partial charge in [-0.15, -0.1) is 11.8 Å². The number of benzene rings is 2. The number of thioether (sulfide) groups is 1. The number of amides is 2. The van der Waals surface area contributed by atoms with Gasteiger partial charge in [0.25, 0.3) is 0 Å². The molecule has 0 saturated carbocycles. The van der Waals surface area contributed by atoms with Crippen LogP contribution in [0.2, 0.25) is 0 Å². The van der Waals surface area contributed by atoms with Crippen LogP contribution >= 0.6 is 11.8 Å². The Morgan fingerprint density at radius 2 is 1.89 bits per heavy atom. The fourth-order valence-corrected chi connectivity index (χ4v) is 4.52. The molecule has 1 heterocycles. The van der Waals surface area contributed by atoms with Gasteiger partial charge in [-0.3, -0.25) is 14.5 Å². The molecule has 0 radical (unpaired) electrons. The van der Waals surface area contributed by atoms with Crippen molar-refractivity contribution in [1.29, 1.82) is 0 Å². The van der Waals surface area contributed by atoms with E-state index in [1.165, 1.54) is 22.7 Å². The Balaban J connectivity index is 1.80. The van der Waals surface area contributed by atoms with E-state index in [9.17, 15) is 14.0 Å². The molecule has 0 spiro atoms. The van der Waals surface area contributed by atoms with Gasteiger partial charge >= 0.3 is 0 Å². The predicted molar refractivity (Wildman–Crippen MR) is 113 cm³/mol. The van der Waals surface area contributed by atoms with Gasteiger partial charge in [0.1, 0.15) is 11.2 Å². The predicted octanol–water partition coefficient (Wildman–Crippen LogP) is 5.51. The summed E-state index contributed by atoms with van der Waals surface area (Å²) in [5.41, 5.74) is 1.75. The zero-order chi connectivity index (χ0) is 19.9. The topological polar surface area (TPSA) is 49.4 Å². The first-order chi connectivity index (χ1) is 13.6. The minimum atomic E-state index is -0.430. The van der Waals surface area contributed by atoms with Gasteiger partial charge in [0, 0.05) is 17.7 Å². The highest BCUT2D eigenvalue weighted by atomic mass is 32.2. The number of anilines is 2. The Kier molecular flexibility index (Phi) is 7.09. The monoisotopic (exact) mass is 400 g/mol. The Bertz CT molecular complexity index is 843. The normalized spacial score (nSPS) is 16.4. The van der Waals surface area contributed by atoms with Crippen molar-refractivity contribution in [3.05, 3.63) is 59.9 Å². The third-order valence-electron chi connectivity index (χ3n) is 4.74.